The van der Waals surface area contributed by atoms with Gasteiger partial charge in [-0.15, -0.1) is 4.72 Å². The average Bonchev–Trinajstić information content (AvgIpc) is 2.53. The van der Waals surface area contributed by atoms with Crippen molar-refractivity contribution in [1.82, 2.24) is 9.71 Å². The lowest BCUT2D eigenvalue weighted by atomic mass is 10.2. The molecule has 1 heterocycles. The van der Waals surface area contributed by atoms with Crippen LogP contribution in [-0.2, 0) is 18.0 Å². The third-order valence-electron chi connectivity index (χ3n) is 3.40. The maximum absolute atomic E-state index is 13.5. The summed E-state index contributed by atoms with van der Waals surface area (Å²) in [6, 6.07) is 9.95. The largest absolute Gasteiger partial charge is 0.598 e. The Bertz CT molecular complexity index is 659. The van der Waals surface area contributed by atoms with Gasteiger partial charge in [-0.25, -0.2) is 4.39 Å². The van der Waals surface area contributed by atoms with E-state index in [9.17, 15) is 8.94 Å². The van der Waals surface area contributed by atoms with Crippen LogP contribution in [0.4, 0.5) is 4.39 Å². The Morgan fingerprint density at radius 3 is 2.54 bits per heavy atom. The molecule has 0 bridgehead atoms. The number of hydrogen-bond acceptors (Lipinski definition) is 4. The molecule has 0 radical (unpaired) electrons. The lowest BCUT2D eigenvalue weighted by Crippen LogP contribution is -2.40. The van der Waals surface area contributed by atoms with Crippen molar-refractivity contribution in [2.75, 3.05) is 0 Å². The van der Waals surface area contributed by atoms with E-state index in [1.807, 2.05) is 33.8 Å². The van der Waals surface area contributed by atoms with E-state index in [0.29, 0.717) is 11.3 Å². The lowest BCUT2D eigenvalue weighted by Gasteiger charge is -2.26. The van der Waals surface area contributed by atoms with Crippen molar-refractivity contribution in [3.63, 3.8) is 0 Å². The Balaban J connectivity index is 1.94. The van der Waals surface area contributed by atoms with Gasteiger partial charge in [0.05, 0.1) is 17.9 Å². The highest BCUT2D eigenvalue weighted by Crippen LogP contribution is 2.20. The van der Waals surface area contributed by atoms with E-state index in [-0.39, 0.29) is 23.2 Å². The van der Waals surface area contributed by atoms with Crippen molar-refractivity contribution in [3.8, 4) is 5.75 Å². The third kappa shape index (κ3) is 5.19. The number of nitrogens with one attached hydrogen (secondary N) is 1. The molecule has 2 aromatic rings. The van der Waals surface area contributed by atoms with Gasteiger partial charge in [-0.2, -0.15) is 0 Å². The molecule has 24 heavy (non-hydrogen) atoms. The highest BCUT2D eigenvalue weighted by molar-refractivity contribution is 7.90. The van der Waals surface area contributed by atoms with E-state index >= 15 is 0 Å². The Morgan fingerprint density at radius 1 is 1.25 bits per heavy atom. The highest BCUT2D eigenvalue weighted by atomic mass is 32.2. The second-order valence-corrected chi connectivity index (χ2v) is 8.52. The van der Waals surface area contributed by atoms with Crippen LogP contribution in [0, 0.1) is 5.82 Å². The van der Waals surface area contributed by atoms with Crippen molar-refractivity contribution in [2.24, 2.45) is 0 Å². The molecular formula is C18H23FN2O2S. The van der Waals surface area contributed by atoms with Crippen LogP contribution in [-0.4, -0.2) is 14.3 Å². The molecule has 0 fully saturated rings. The number of ether oxygens (including phenoxy) is 1. The fourth-order valence-electron chi connectivity index (χ4n) is 1.91. The molecule has 1 aromatic heterocycles. The summed E-state index contributed by atoms with van der Waals surface area (Å²) >= 11 is -1.17. The van der Waals surface area contributed by atoms with Crippen LogP contribution in [0.15, 0.2) is 42.6 Å². The van der Waals surface area contributed by atoms with Crippen LogP contribution < -0.4 is 9.46 Å². The van der Waals surface area contributed by atoms with Gasteiger partial charge in [-0.05, 0) is 45.9 Å². The number of halogens is 1. The Hall–Kier alpha value is -1.63. The van der Waals surface area contributed by atoms with Crippen LogP contribution >= 0.6 is 0 Å². The predicted octanol–water partition coefficient (Wildman–Crippen LogP) is 3.91. The van der Waals surface area contributed by atoms with E-state index in [1.165, 1.54) is 6.07 Å². The second kappa shape index (κ2) is 7.96. The molecule has 0 unspecified atom stereocenters. The summed E-state index contributed by atoms with van der Waals surface area (Å²) in [6.07, 6.45) is 1.59. The van der Waals surface area contributed by atoms with E-state index in [0.717, 1.165) is 5.69 Å². The minimum atomic E-state index is -1.17. The fraction of sp³-hybridized carbons (Fsp3) is 0.389. The van der Waals surface area contributed by atoms with Crippen LogP contribution in [0.25, 0.3) is 0 Å². The van der Waals surface area contributed by atoms with Crippen molar-refractivity contribution < 1.29 is 13.7 Å². The smallest absolute Gasteiger partial charge is 0.138 e. The fourth-order valence-corrected chi connectivity index (χ4v) is 2.70. The van der Waals surface area contributed by atoms with Gasteiger partial charge in [-0.3, -0.25) is 4.98 Å². The number of rotatable bonds is 6. The van der Waals surface area contributed by atoms with E-state index in [4.69, 9.17) is 4.74 Å². The summed E-state index contributed by atoms with van der Waals surface area (Å²) in [4.78, 5) is 4.33. The molecule has 0 aliphatic carbocycles. The predicted molar refractivity (Wildman–Crippen MR) is 94.4 cm³/mol. The average molecular weight is 350 g/mol. The number of aromatic nitrogens is 1. The molecule has 2 rings (SSSR count). The molecule has 1 N–H and O–H groups in total. The molecule has 0 aliphatic heterocycles. The maximum Gasteiger partial charge on any atom is 0.138 e. The van der Waals surface area contributed by atoms with E-state index in [2.05, 4.69) is 9.71 Å². The monoisotopic (exact) mass is 350 g/mol. The molecule has 0 saturated carbocycles. The number of hydrogen-bond donors (Lipinski definition) is 1. The first-order valence-electron chi connectivity index (χ1n) is 7.77. The summed E-state index contributed by atoms with van der Waals surface area (Å²) < 4.78 is 33.9. The number of benzene rings is 1. The topological polar surface area (TPSA) is 57.2 Å². The molecular weight excluding hydrogens is 327 g/mol. The van der Waals surface area contributed by atoms with Gasteiger partial charge in [-0.1, -0.05) is 18.2 Å². The van der Waals surface area contributed by atoms with Gasteiger partial charge in [0.1, 0.15) is 22.9 Å². The summed E-state index contributed by atoms with van der Waals surface area (Å²) in [5.41, 5.74) is 1.27. The summed E-state index contributed by atoms with van der Waals surface area (Å²) in [5, 5.41) is 0. The minimum absolute atomic E-state index is 0.148. The quantitative estimate of drug-likeness (QED) is 0.803. The lowest BCUT2D eigenvalue weighted by molar-refractivity contribution is 0.298. The van der Waals surface area contributed by atoms with Crippen molar-refractivity contribution in [3.05, 3.63) is 59.7 Å². The van der Waals surface area contributed by atoms with Crippen LogP contribution in [0.1, 0.15) is 45.0 Å². The second-order valence-electron chi connectivity index (χ2n) is 6.52. The first kappa shape index (κ1) is 18.7. The maximum atomic E-state index is 13.5. The molecule has 130 valence electrons. The van der Waals surface area contributed by atoms with Gasteiger partial charge in [0.25, 0.3) is 0 Å². The standard InChI is InChI=1S/C18H23FN2O2S/c1-13(21-24(22)18(2,3)4)17-10-9-15(11-20-17)23-12-14-7-5-6-8-16(14)19/h5-11,13,21H,12H2,1-4H3/t13-,24-/m1/s1. The molecule has 2 atom stereocenters. The van der Waals surface area contributed by atoms with Crippen molar-refractivity contribution in [1.29, 1.82) is 0 Å². The summed E-state index contributed by atoms with van der Waals surface area (Å²) in [5.74, 6) is 0.274. The van der Waals surface area contributed by atoms with Gasteiger partial charge >= 0.3 is 0 Å². The Morgan fingerprint density at radius 2 is 1.96 bits per heavy atom. The van der Waals surface area contributed by atoms with Crippen LogP contribution in [0.3, 0.4) is 0 Å². The molecule has 0 amide bonds. The summed E-state index contributed by atoms with van der Waals surface area (Å²) in [6.45, 7) is 7.79. The Labute approximate surface area is 145 Å². The first-order chi connectivity index (χ1) is 11.3. The SMILES string of the molecule is C[C@@H](N[S@+]([O-])C(C)(C)C)c1ccc(OCc2ccccc2F)cn1. The summed E-state index contributed by atoms with van der Waals surface area (Å²) in [7, 11) is 0. The van der Waals surface area contributed by atoms with Gasteiger partial charge in [0.15, 0.2) is 0 Å². The normalized spacial score (nSPS) is 14.2. The molecule has 0 saturated heterocycles. The molecule has 6 heteroatoms. The zero-order chi connectivity index (χ0) is 17.7. The van der Waals surface area contributed by atoms with Crippen LogP contribution in [0.5, 0.6) is 5.75 Å². The van der Waals surface area contributed by atoms with E-state index in [1.54, 1.807) is 30.5 Å². The molecule has 0 spiro atoms. The van der Waals surface area contributed by atoms with Gasteiger partial charge in [0.2, 0.25) is 0 Å². The third-order valence-corrected chi connectivity index (χ3v) is 5.08. The van der Waals surface area contributed by atoms with E-state index < -0.39 is 11.4 Å². The molecule has 0 aliphatic rings. The zero-order valence-corrected chi connectivity index (χ0v) is 15.2. The van der Waals surface area contributed by atoms with Gasteiger partial charge < -0.3 is 9.29 Å². The molecule has 4 nitrogen and oxygen atoms in total. The van der Waals surface area contributed by atoms with Gasteiger partial charge in [0, 0.05) is 16.9 Å². The Kier molecular flexibility index (Phi) is 6.21. The van der Waals surface area contributed by atoms with Crippen molar-refractivity contribution in [2.45, 2.75) is 45.1 Å². The number of pyridine rings is 1. The van der Waals surface area contributed by atoms with Crippen LogP contribution in [0.2, 0.25) is 0 Å². The number of nitrogens with zero attached hydrogens (tertiary/aromatic N) is 1. The minimum Gasteiger partial charge on any atom is -0.598 e. The first-order valence-corrected chi connectivity index (χ1v) is 8.92. The van der Waals surface area contributed by atoms with Crippen molar-refractivity contribution >= 4 is 11.4 Å². The highest BCUT2D eigenvalue weighted by Gasteiger charge is 2.28. The molecule has 1 aromatic carbocycles. The zero-order valence-electron chi connectivity index (χ0n) is 14.4.